The number of aliphatic carboxylic acids is 1. The molecule has 3 saturated heterocycles. The lowest BCUT2D eigenvalue weighted by Gasteiger charge is -2.40. The quantitative estimate of drug-likeness (QED) is 0.372. The molecule has 4 rings (SSSR count). The molecule has 1 spiro atoms. The summed E-state index contributed by atoms with van der Waals surface area (Å²) < 4.78 is -0.773. The highest BCUT2D eigenvalue weighted by molar-refractivity contribution is 8.02. The number of fused-ring (bicyclic) bond motifs is 1. The fourth-order valence-electron chi connectivity index (χ4n) is 6.11. The molecule has 3 unspecified atom stereocenters. The van der Waals surface area contributed by atoms with Crippen molar-refractivity contribution in [2.24, 2.45) is 17.8 Å². The van der Waals surface area contributed by atoms with E-state index in [-0.39, 0.29) is 36.1 Å². The second kappa shape index (κ2) is 9.91. The molecule has 3 aliphatic heterocycles. The minimum absolute atomic E-state index is 0.0271. The molecular weight excluding hydrogens is 476 g/mol. The molecule has 3 heterocycles. The Morgan fingerprint density at radius 1 is 1.29 bits per heavy atom. The van der Waals surface area contributed by atoms with Gasteiger partial charge < -0.3 is 20.0 Å². The van der Waals surface area contributed by atoms with Gasteiger partial charge >= 0.3 is 5.97 Å². The van der Waals surface area contributed by atoms with Crippen LogP contribution in [-0.4, -0.2) is 68.6 Å². The maximum absolute atomic E-state index is 14.3. The van der Waals surface area contributed by atoms with E-state index in [4.69, 9.17) is 16.7 Å². The number of amides is 2. The Balaban J connectivity index is 1.76. The van der Waals surface area contributed by atoms with Gasteiger partial charge in [-0.3, -0.25) is 14.4 Å². The van der Waals surface area contributed by atoms with Gasteiger partial charge in [0, 0.05) is 35.7 Å². The molecular formula is C25H31ClN2O5S. The summed E-state index contributed by atoms with van der Waals surface area (Å²) in [5, 5.41) is 19.5. The van der Waals surface area contributed by atoms with Crippen molar-refractivity contribution in [2.75, 3.05) is 24.6 Å². The lowest BCUT2D eigenvalue weighted by atomic mass is 9.66. The van der Waals surface area contributed by atoms with Crippen LogP contribution in [0.25, 0.3) is 0 Å². The van der Waals surface area contributed by atoms with Gasteiger partial charge in [0.2, 0.25) is 5.91 Å². The zero-order chi connectivity index (χ0) is 24.6. The van der Waals surface area contributed by atoms with Crippen LogP contribution in [0.5, 0.6) is 0 Å². The van der Waals surface area contributed by atoms with Gasteiger partial charge in [0.1, 0.15) is 6.04 Å². The molecule has 7 nitrogen and oxygen atoms in total. The average molecular weight is 507 g/mol. The summed E-state index contributed by atoms with van der Waals surface area (Å²) in [4.78, 5) is 43.5. The number of thioether (sulfide) groups is 1. The van der Waals surface area contributed by atoms with Crippen LogP contribution in [0.1, 0.15) is 32.6 Å². The number of nitrogens with zero attached hydrogens (tertiary/aromatic N) is 2. The van der Waals surface area contributed by atoms with E-state index in [1.807, 2.05) is 6.92 Å². The molecule has 0 saturated carbocycles. The minimum atomic E-state index is -0.960. The summed E-state index contributed by atoms with van der Waals surface area (Å²) in [7, 11) is 0. The summed E-state index contributed by atoms with van der Waals surface area (Å²) in [6.07, 6.45) is 4.30. The van der Waals surface area contributed by atoms with E-state index in [1.165, 1.54) is 11.8 Å². The third-order valence-electron chi connectivity index (χ3n) is 7.54. The smallest absolute Gasteiger partial charge is 0.308 e. The molecule has 34 heavy (non-hydrogen) atoms. The summed E-state index contributed by atoms with van der Waals surface area (Å²) in [5.41, 5.74) is 0.654. The number of carbonyl (C=O) groups is 3. The highest BCUT2D eigenvalue weighted by atomic mass is 35.5. The first-order chi connectivity index (χ1) is 16.3. The normalized spacial score (nSPS) is 31.6. The number of unbranched alkanes of at least 4 members (excludes halogenated alkanes) is 2. The van der Waals surface area contributed by atoms with E-state index >= 15 is 0 Å². The number of halogens is 1. The molecule has 2 N–H and O–H groups in total. The van der Waals surface area contributed by atoms with Crippen molar-refractivity contribution in [3.8, 4) is 0 Å². The number of rotatable bonds is 10. The molecule has 2 amide bonds. The average Bonchev–Trinajstić information content (AvgIpc) is 3.39. The van der Waals surface area contributed by atoms with Gasteiger partial charge in [-0.1, -0.05) is 24.6 Å². The Hall–Kier alpha value is -2.03. The van der Waals surface area contributed by atoms with E-state index in [0.717, 1.165) is 6.42 Å². The Morgan fingerprint density at radius 3 is 2.62 bits per heavy atom. The van der Waals surface area contributed by atoms with Gasteiger partial charge in [-0.05, 0) is 55.9 Å². The second-order valence-corrected chi connectivity index (χ2v) is 11.4. The van der Waals surface area contributed by atoms with Gasteiger partial charge in [-0.2, -0.15) is 0 Å². The number of benzene rings is 1. The van der Waals surface area contributed by atoms with Crippen LogP contribution in [0.15, 0.2) is 36.9 Å². The molecule has 6 atom stereocenters. The highest BCUT2D eigenvalue weighted by Crippen LogP contribution is 2.68. The van der Waals surface area contributed by atoms with Gasteiger partial charge in [0.05, 0.1) is 16.6 Å². The molecule has 184 valence electrons. The van der Waals surface area contributed by atoms with E-state index in [9.17, 15) is 19.5 Å². The van der Waals surface area contributed by atoms with Crippen molar-refractivity contribution in [3.05, 3.63) is 41.9 Å². The Kier molecular flexibility index (Phi) is 7.31. The largest absolute Gasteiger partial charge is 0.481 e. The molecule has 3 aliphatic rings. The summed E-state index contributed by atoms with van der Waals surface area (Å²) in [6.45, 7) is 6.55. The molecule has 0 radical (unpaired) electrons. The summed E-state index contributed by atoms with van der Waals surface area (Å²) in [6, 6.07) is 6.21. The number of likely N-dealkylation sites (tertiary alicyclic amines) is 1. The zero-order valence-corrected chi connectivity index (χ0v) is 20.8. The number of anilines is 1. The monoisotopic (exact) mass is 506 g/mol. The van der Waals surface area contributed by atoms with Gasteiger partial charge in [0.25, 0.3) is 5.91 Å². The van der Waals surface area contributed by atoms with Gasteiger partial charge in [-0.25, -0.2) is 0 Å². The number of carboxylic acid groups (broad SMARTS) is 1. The topological polar surface area (TPSA) is 98.2 Å². The van der Waals surface area contributed by atoms with Crippen molar-refractivity contribution in [3.63, 3.8) is 0 Å². The molecule has 0 aromatic heterocycles. The van der Waals surface area contributed by atoms with E-state index in [0.29, 0.717) is 36.5 Å². The molecule has 1 aromatic carbocycles. The number of aliphatic hydroxyl groups excluding tert-OH is 1. The van der Waals surface area contributed by atoms with Crippen LogP contribution in [-0.2, 0) is 14.4 Å². The van der Waals surface area contributed by atoms with Gasteiger partial charge in [0.15, 0.2) is 0 Å². The Labute approximate surface area is 209 Å². The van der Waals surface area contributed by atoms with Crippen LogP contribution in [0, 0.1) is 17.8 Å². The van der Waals surface area contributed by atoms with Crippen molar-refractivity contribution < 1.29 is 24.6 Å². The van der Waals surface area contributed by atoms with Crippen LogP contribution in [0.2, 0.25) is 5.02 Å². The molecule has 0 aliphatic carbocycles. The number of hydrogen-bond acceptors (Lipinski definition) is 5. The van der Waals surface area contributed by atoms with Crippen molar-refractivity contribution in [2.45, 2.75) is 48.6 Å². The van der Waals surface area contributed by atoms with Crippen molar-refractivity contribution >= 4 is 46.8 Å². The Bertz CT molecular complexity index is 973. The van der Waals surface area contributed by atoms with Crippen molar-refractivity contribution in [1.82, 2.24) is 4.90 Å². The van der Waals surface area contributed by atoms with E-state index in [1.54, 1.807) is 40.1 Å². The minimum Gasteiger partial charge on any atom is -0.481 e. The number of hydrogen-bond donors (Lipinski definition) is 2. The van der Waals surface area contributed by atoms with Crippen LogP contribution >= 0.6 is 23.4 Å². The molecule has 1 aromatic rings. The van der Waals surface area contributed by atoms with E-state index < -0.39 is 28.6 Å². The third kappa shape index (κ3) is 3.93. The molecule has 2 bridgehead atoms. The second-order valence-electron chi connectivity index (χ2n) is 9.42. The molecule has 9 heteroatoms. The zero-order valence-electron chi connectivity index (χ0n) is 19.2. The maximum Gasteiger partial charge on any atom is 0.308 e. The maximum atomic E-state index is 14.3. The number of carbonyl (C=O) groups excluding carboxylic acids is 2. The predicted molar refractivity (Wildman–Crippen MR) is 133 cm³/mol. The van der Waals surface area contributed by atoms with Crippen LogP contribution < -0.4 is 4.90 Å². The van der Waals surface area contributed by atoms with Gasteiger partial charge in [-0.15, -0.1) is 18.3 Å². The lowest BCUT2D eigenvalue weighted by molar-refractivity contribution is -0.149. The first-order valence-corrected chi connectivity index (χ1v) is 13.0. The fourth-order valence-corrected chi connectivity index (χ4v) is 8.65. The number of aliphatic hydroxyl groups is 1. The van der Waals surface area contributed by atoms with Crippen molar-refractivity contribution in [1.29, 1.82) is 0 Å². The third-order valence-corrected chi connectivity index (χ3v) is 9.87. The highest BCUT2D eigenvalue weighted by Gasteiger charge is 2.76. The fraction of sp³-hybridized carbons (Fsp3) is 0.560. The predicted octanol–water partition coefficient (Wildman–Crippen LogP) is 3.44. The Morgan fingerprint density at radius 2 is 2.00 bits per heavy atom. The summed E-state index contributed by atoms with van der Waals surface area (Å²) in [5.74, 6) is -2.88. The van der Waals surface area contributed by atoms with E-state index in [2.05, 4.69) is 6.58 Å². The standard InChI is InChI=1S/C25H31ClN2O5S/c1-3-11-27(17-9-7-16(26)8-10-17)23(31)21-25-15(2)14-18(34-25)19(24(32)33)20(25)22(30)28(21)12-5-4-6-13-29/h3,7-10,15,18-21,29H,1,4-6,11-14H2,2H3,(H,32,33)/t15?,18-,19+,20+,21?,25?/m1/s1. The van der Waals surface area contributed by atoms with Crippen LogP contribution in [0.4, 0.5) is 5.69 Å². The molecule has 3 fully saturated rings. The first kappa shape index (κ1) is 25.1. The lowest BCUT2D eigenvalue weighted by Crippen LogP contribution is -2.57. The van der Waals surface area contributed by atoms with Crippen LogP contribution in [0.3, 0.4) is 0 Å². The number of carboxylic acids is 1. The summed E-state index contributed by atoms with van der Waals surface area (Å²) >= 11 is 7.60. The SMILES string of the molecule is C=CCN(C(=O)C1N(CCCCCO)C(=O)[C@@H]2[C@@H](C(=O)O)[C@H]3CC(C)C12S3)c1ccc(Cl)cc1. The first-order valence-electron chi connectivity index (χ1n) is 11.8.